The summed E-state index contributed by atoms with van der Waals surface area (Å²) in [5.74, 6) is 1.06. The van der Waals surface area contributed by atoms with E-state index in [1.54, 1.807) is 17.5 Å². The van der Waals surface area contributed by atoms with E-state index in [4.69, 9.17) is 11.6 Å². The number of thiazole rings is 1. The van der Waals surface area contributed by atoms with Crippen molar-refractivity contribution in [3.8, 4) is 11.3 Å². The minimum Gasteiger partial charge on any atom is -0.353 e. The van der Waals surface area contributed by atoms with Crippen LogP contribution in [-0.4, -0.2) is 47.0 Å². The first-order valence-corrected chi connectivity index (χ1v) is 10.9. The van der Waals surface area contributed by atoms with Crippen LogP contribution in [0.3, 0.4) is 0 Å². The van der Waals surface area contributed by atoms with Crippen molar-refractivity contribution in [2.45, 2.75) is 20.3 Å². The molecule has 7 heteroatoms. The predicted octanol–water partition coefficient (Wildman–Crippen LogP) is 4.37. The van der Waals surface area contributed by atoms with Crippen LogP contribution in [0.5, 0.6) is 0 Å². The Labute approximate surface area is 180 Å². The van der Waals surface area contributed by atoms with Gasteiger partial charge in [0.1, 0.15) is 5.82 Å². The Morgan fingerprint density at radius 2 is 1.79 bits per heavy atom. The second-order valence-electron chi connectivity index (χ2n) is 7.25. The van der Waals surface area contributed by atoms with E-state index in [9.17, 15) is 4.79 Å². The molecule has 0 bridgehead atoms. The first-order chi connectivity index (χ1) is 14.0. The highest BCUT2D eigenvalue weighted by atomic mass is 35.5. The van der Waals surface area contributed by atoms with Crippen LogP contribution in [0.1, 0.15) is 15.4 Å². The molecule has 0 atom stereocenters. The summed E-state index contributed by atoms with van der Waals surface area (Å²) in [4.78, 5) is 27.2. The largest absolute Gasteiger partial charge is 0.353 e. The number of carbonyl (C=O) groups excluding carboxylic acids is 1. The topological polar surface area (TPSA) is 49.3 Å². The predicted molar refractivity (Wildman–Crippen MR) is 119 cm³/mol. The number of aryl methyl sites for hydroxylation is 2. The van der Waals surface area contributed by atoms with Gasteiger partial charge in [0.2, 0.25) is 5.91 Å². The summed E-state index contributed by atoms with van der Waals surface area (Å²) in [6.45, 7) is 7.00. The van der Waals surface area contributed by atoms with Gasteiger partial charge in [-0.1, -0.05) is 41.4 Å². The quantitative estimate of drug-likeness (QED) is 0.621. The summed E-state index contributed by atoms with van der Waals surface area (Å²) in [6, 6.07) is 12.1. The molecule has 0 N–H and O–H groups in total. The maximum Gasteiger partial charge on any atom is 0.228 e. The molecule has 29 heavy (non-hydrogen) atoms. The van der Waals surface area contributed by atoms with Crippen LogP contribution in [0, 0.1) is 13.8 Å². The highest BCUT2D eigenvalue weighted by Crippen LogP contribution is 2.29. The lowest BCUT2D eigenvalue weighted by Gasteiger charge is -2.35. The summed E-state index contributed by atoms with van der Waals surface area (Å²) in [5, 5.41) is 1.62. The van der Waals surface area contributed by atoms with Gasteiger partial charge in [-0.3, -0.25) is 4.79 Å². The van der Waals surface area contributed by atoms with Gasteiger partial charge in [-0.05, 0) is 26.0 Å². The first-order valence-electron chi connectivity index (χ1n) is 9.67. The van der Waals surface area contributed by atoms with Crippen molar-refractivity contribution < 1.29 is 4.79 Å². The lowest BCUT2D eigenvalue weighted by atomic mass is 10.1. The van der Waals surface area contributed by atoms with Gasteiger partial charge in [-0.15, -0.1) is 11.3 Å². The van der Waals surface area contributed by atoms with Crippen molar-refractivity contribution in [2.24, 2.45) is 0 Å². The highest BCUT2D eigenvalue weighted by Gasteiger charge is 2.24. The molecule has 1 aliphatic rings. The third kappa shape index (κ3) is 4.60. The normalized spacial score (nSPS) is 14.3. The fourth-order valence-corrected chi connectivity index (χ4v) is 4.58. The van der Waals surface area contributed by atoms with Gasteiger partial charge in [-0.25, -0.2) is 9.97 Å². The zero-order valence-corrected chi connectivity index (χ0v) is 18.1. The van der Waals surface area contributed by atoms with Crippen molar-refractivity contribution in [3.63, 3.8) is 0 Å². The van der Waals surface area contributed by atoms with E-state index in [1.165, 1.54) is 5.56 Å². The highest BCUT2D eigenvalue weighted by molar-refractivity contribution is 7.12. The summed E-state index contributed by atoms with van der Waals surface area (Å²) in [7, 11) is 0. The van der Waals surface area contributed by atoms with Crippen LogP contribution < -0.4 is 4.90 Å². The smallest absolute Gasteiger partial charge is 0.228 e. The van der Waals surface area contributed by atoms with E-state index < -0.39 is 0 Å². The zero-order valence-electron chi connectivity index (χ0n) is 16.6. The SMILES string of the molecule is Cc1ccc(-c2nc(C)sc2CC(=O)N2CCN(c3ccc(Cl)cn3)CC2)cc1. The number of carbonyl (C=O) groups is 1. The summed E-state index contributed by atoms with van der Waals surface area (Å²) in [5.41, 5.74) is 3.22. The molecule has 1 fully saturated rings. The summed E-state index contributed by atoms with van der Waals surface area (Å²) >= 11 is 7.53. The second-order valence-corrected chi connectivity index (χ2v) is 8.97. The lowest BCUT2D eigenvalue weighted by molar-refractivity contribution is -0.130. The Bertz CT molecular complexity index is 993. The standard InChI is InChI=1S/C22H23ClN4OS/c1-15-3-5-17(6-4-15)22-19(29-16(2)25-22)13-21(28)27-11-9-26(10-12-27)20-8-7-18(23)14-24-20/h3-8,14H,9-13H2,1-2H3. The lowest BCUT2D eigenvalue weighted by Crippen LogP contribution is -2.49. The molecule has 0 aliphatic carbocycles. The van der Waals surface area contributed by atoms with Crippen molar-refractivity contribution in [1.82, 2.24) is 14.9 Å². The molecule has 150 valence electrons. The van der Waals surface area contributed by atoms with Crippen LogP contribution in [0.4, 0.5) is 5.82 Å². The molecular formula is C22H23ClN4OS. The number of pyridine rings is 1. The van der Waals surface area contributed by atoms with Crippen molar-refractivity contribution in [1.29, 1.82) is 0 Å². The van der Waals surface area contributed by atoms with Crippen LogP contribution >= 0.6 is 22.9 Å². The molecule has 0 spiro atoms. The Balaban J connectivity index is 1.42. The van der Waals surface area contributed by atoms with Crippen LogP contribution in [0.15, 0.2) is 42.6 Å². The number of piperazine rings is 1. The van der Waals surface area contributed by atoms with E-state index >= 15 is 0 Å². The third-order valence-corrected chi connectivity index (χ3v) is 6.30. The van der Waals surface area contributed by atoms with Gasteiger partial charge >= 0.3 is 0 Å². The van der Waals surface area contributed by atoms with Crippen molar-refractivity contribution in [2.75, 3.05) is 31.1 Å². The average Bonchev–Trinajstić information content (AvgIpc) is 3.09. The maximum atomic E-state index is 13.0. The van der Waals surface area contributed by atoms with E-state index in [-0.39, 0.29) is 5.91 Å². The Hall–Kier alpha value is -2.44. The molecule has 0 radical (unpaired) electrons. The molecule has 3 heterocycles. The molecule has 3 aromatic rings. The average molecular weight is 427 g/mol. The fraction of sp³-hybridized carbons (Fsp3) is 0.318. The number of hydrogen-bond donors (Lipinski definition) is 0. The molecule has 0 unspecified atom stereocenters. The number of nitrogens with zero attached hydrogens (tertiary/aromatic N) is 4. The number of halogens is 1. The molecule has 1 amide bonds. The van der Waals surface area contributed by atoms with Gasteiger partial charge in [-0.2, -0.15) is 0 Å². The van der Waals surface area contributed by atoms with E-state index in [0.717, 1.165) is 40.0 Å². The number of aromatic nitrogens is 2. The van der Waals surface area contributed by atoms with E-state index in [2.05, 4.69) is 46.1 Å². The first kappa shape index (κ1) is 19.9. The molecule has 4 rings (SSSR count). The zero-order chi connectivity index (χ0) is 20.4. The molecule has 0 saturated carbocycles. The van der Waals surface area contributed by atoms with Crippen LogP contribution in [-0.2, 0) is 11.2 Å². The number of hydrogen-bond acceptors (Lipinski definition) is 5. The number of amides is 1. The van der Waals surface area contributed by atoms with Crippen LogP contribution in [0.2, 0.25) is 5.02 Å². The molecule has 2 aromatic heterocycles. The number of anilines is 1. The molecule has 1 saturated heterocycles. The maximum absolute atomic E-state index is 13.0. The van der Waals surface area contributed by atoms with Gasteiger partial charge in [0, 0.05) is 42.8 Å². The van der Waals surface area contributed by atoms with Gasteiger partial charge < -0.3 is 9.80 Å². The molecule has 1 aromatic carbocycles. The number of rotatable bonds is 4. The third-order valence-electron chi connectivity index (χ3n) is 5.11. The van der Waals surface area contributed by atoms with E-state index in [0.29, 0.717) is 24.5 Å². The minimum absolute atomic E-state index is 0.158. The second kappa shape index (κ2) is 8.51. The Morgan fingerprint density at radius 1 is 1.07 bits per heavy atom. The molecule has 5 nitrogen and oxygen atoms in total. The van der Waals surface area contributed by atoms with Gasteiger partial charge in [0.25, 0.3) is 0 Å². The van der Waals surface area contributed by atoms with E-state index in [1.807, 2.05) is 24.0 Å². The minimum atomic E-state index is 0.158. The van der Waals surface area contributed by atoms with Crippen molar-refractivity contribution in [3.05, 3.63) is 63.1 Å². The summed E-state index contributed by atoms with van der Waals surface area (Å²) in [6.07, 6.45) is 2.06. The molecular weight excluding hydrogens is 404 g/mol. The Morgan fingerprint density at radius 3 is 2.45 bits per heavy atom. The van der Waals surface area contributed by atoms with Gasteiger partial charge in [0.15, 0.2) is 0 Å². The van der Waals surface area contributed by atoms with Crippen molar-refractivity contribution >= 4 is 34.7 Å². The summed E-state index contributed by atoms with van der Waals surface area (Å²) < 4.78 is 0. The van der Waals surface area contributed by atoms with Gasteiger partial charge in [0.05, 0.1) is 22.1 Å². The number of benzene rings is 1. The Kier molecular flexibility index (Phi) is 5.83. The molecule has 1 aliphatic heterocycles. The fourth-order valence-electron chi connectivity index (χ4n) is 3.52. The monoisotopic (exact) mass is 426 g/mol. The van der Waals surface area contributed by atoms with Crippen LogP contribution in [0.25, 0.3) is 11.3 Å².